The number of rotatable bonds is 7. The Morgan fingerprint density at radius 2 is 1.82 bits per heavy atom. The number of carbonyl (C=O) groups is 2. The second-order valence-corrected chi connectivity index (χ2v) is 6.04. The Morgan fingerprint density at radius 3 is 2.18 bits per heavy atom. The van der Waals surface area contributed by atoms with Gasteiger partial charge >= 0.3 is 0 Å². The first-order chi connectivity index (χ1) is 7.61. The molecule has 2 amide bonds. The molecule has 17 heavy (non-hydrogen) atoms. The Bertz CT molecular complexity index is 378. The summed E-state index contributed by atoms with van der Waals surface area (Å²) < 4.78 is 24.4. The number of nitrogens with one attached hydrogen (secondary N) is 2. The van der Waals surface area contributed by atoms with Crippen molar-refractivity contribution in [2.75, 3.05) is 12.8 Å². The van der Waals surface area contributed by atoms with Gasteiger partial charge in [0, 0.05) is 0 Å². The van der Waals surface area contributed by atoms with Crippen LogP contribution < -0.4 is 15.8 Å². The van der Waals surface area contributed by atoms with Crippen LogP contribution in [0.4, 0.5) is 0 Å². The lowest BCUT2D eigenvalue weighted by molar-refractivity contribution is -0.126. The van der Waals surface area contributed by atoms with Crippen LogP contribution in [0, 0.1) is 5.92 Å². The topological polar surface area (TPSA) is 118 Å². The Morgan fingerprint density at radius 1 is 1.29 bits per heavy atom. The average molecular weight is 265 g/mol. The Kier molecular flexibility index (Phi) is 6.11. The van der Waals surface area contributed by atoms with Crippen molar-refractivity contribution in [1.82, 2.24) is 10.0 Å². The first kappa shape index (κ1) is 15.9. The number of nitrogens with two attached hydrogens (primary N) is 1. The minimum Gasteiger partial charge on any atom is -0.368 e. The van der Waals surface area contributed by atoms with E-state index in [1.165, 1.54) is 0 Å². The number of hydrogen-bond acceptors (Lipinski definition) is 4. The maximum Gasteiger partial charge on any atom is 0.238 e. The Labute approximate surface area is 101 Å². The first-order valence-corrected chi connectivity index (χ1v) is 7.04. The summed E-state index contributed by atoms with van der Waals surface area (Å²) in [6.07, 6.45) is 1.32. The quantitative estimate of drug-likeness (QED) is 0.522. The van der Waals surface area contributed by atoms with E-state index in [0.29, 0.717) is 6.42 Å². The van der Waals surface area contributed by atoms with Crippen LogP contribution in [0.2, 0.25) is 0 Å². The molecule has 1 atom stereocenters. The molecule has 0 aliphatic heterocycles. The predicted molar refractivity (Wildman–Crippen MR) is 63.4 cm³/mol. The molecule has 0 saturated heterocycles. The molecule has 0 saturated carbocycles. The summed E-state index contributed by atoms with van der Waals surface area (Å²) in [7, 11) is -3.48. The lowest BCUT2D eigenvalue weighted by atomic mass is 10.0. The minimum absolute atomic E-state index is 0.133. The highest BCUT2D eigenvalue weighted by molar-refractivity contribution is 7.88. The van der Waals surface area contributed by atoms with E-state index in [1.54, 1.807) is 0 Å². The van der Waals surface area contributed by atoms with Gasteiger partial charge < -0.3 is 11.1 Å². The van der Waals surface area contributed by atoms with Crippen LogP contribution in [0.3, 0.4) is 0 Å². The van der Waals surface area contributed by atoms with Gasteiger partial charge in [0.25, 0.3) is 0 Å². The van der Waals surface area contributed by atoms with Crippen molar-refractivity contribution in [2.24, 2.45) is 11.7 Å². The molecule has 0 aromatic carbocycles. The molecule has 0 fully saturated rings. The summed E-state index contributed by atoms with van der Waals surface area (Å²) in [5.41, 5.74) is 4.88. The van der Waals surface area contributed by atoms with E-state index < -0.39 is 27.9 Å². The van der Waals surface area contributed by atoms with Crippen molar-refractivity contribution in [3.63, 3.8) is 0 Å². The van der Waals surface area contributed by atoms with Crippen LogP contribution in [-0.2, 0) is 19.6 Å². The molecule has 0 rings (SSSR count). The van der Waals surface area contributed by atoms with Crippen LogP contribution in [0.1, 0.15) is 20.3 Å². The van der Waals surface area contributed by atoms with E-state index >= 15 is 0 Å². The standard InChI is InChI=1S/C9H19N3O4S/c1-6(2)4-7(12-17(3,15)16)9(14)11-5-8(10)13/h6-7,12H,4-5H2,1-3H3,(H2,10,13)(H,11,14). The molecule has 0 aromatic heterocycles. The largest absolute Gasteiger partial charge is 0.368 e. The lowest BCUT2D eigenvalue weighted by Crippen LogP contribution is -2.48. The third-order valence-electron chi connectivity index (χ3n) is 1.82. The minimum atomic E-state index is -3.48. The van der Waals surface area contributed by atoms with Gasteiger partial charge in [0.05, 0.1) is 12.8 Å². The summed E-state index contributed by atoms with van der Waals surface area (Å²) in [4.78, 5) is 22.1. The zero-order valence-electron chi connectivity index (χ0n) is 10.2. The highest BCUT2D eigenvalue weighted by Gasteiger charge is 2.23. The third-order valence-corrected chi connectivity index (χ3v) is 2.53. The number of sulfonamides is 1. The number of hydrogen-bond donors (Lipinski definition) is 3. The van der Waals surface area contributed by atoms with E-state index in [1.807, 2.05) is 13.8 Å². The predicted octanol–water partition coefficient (Wildman–Crippen LogP) is -1.45. The van der Waals surface area contributed by atoms with Gasteiger partial charge in [0.1, 0.15) is 6.04 Å². The molecule has 0 spiro atoms. The maximum atomic E-state index is 11.6. The van der Waals surface area contributed by atoms with E-state index in [0.717, 1.165) is 6.26 Å². The van der Waals surface area contributed by atoms with Crippen molar-refractivity contribution in [3.8, 4) is 0 Å². The van der Waals surface area contributed by atoms with Crippen molar-refractivity contribution in [3.05, 3.63) is 0 Å². The molecule has 0 aliphatic rings. The molecule has 7 nitrogen and oxygen atoms in total. The fraction of sp³-hybridized carbons (Fsp3) is 0.778. The highest BCUT2D eigenvalue weighted by Crippen LogP contribution is 2.05. The monoisotopic (exact) mass is 265 g/mol. The van der Waals surface area contributed by atoms with Gasteiger partial charge in [-0.25, -0.2) is 13.1 Å². The average Bonchev–Trinajstić information content (AvgIpc) is 2.09. The molecule has 4 N–H and O–H groups in total. The number of primary amides is 1. The van der Waals surface area contributed by atoms with E-state index in [9.17, 15) is 18.0 Å². The lowest BCUT2D eigenvalue weighted by Gasteiger charge is -2.18. The van der Waals surface area contributed by atoms with Crippen molar-refractivity contribution >= 4 is 21.8 Å². The van der Waals surface area contributed by atoms with Gasteiger partial charge in [0.15, 0.2) is 0 Å². The van der Waals surface area contributed by atoms with Gasteiger partial charge in [-0.3, -0.25) is 9.59 Å². The fourth-order valence-electron chi connectivity index (χ4n) is 1.24. The van der Waals surface area contributed by atoms with Crippen molar-refractivity contribution in [1.29, 1.82) is 0 Å². The zero-order valence-corrected chi connectivity index (χ0v) is 11.0. The van der Waals surface area contributed by atoms with Gasteiger partial charge in [-0.05, 0) is 12.3 Å². The second kappa shape index (κ2) is 6.55. The van der Waals surface area contributed by atoms with Gasteiger partial charge in [0.2, 0.25) is 21.8 Å². The molecule has 8 heteroatoms. The molecular formula is C9H19N3O4S. The normalized spacial score (nSPS) is 13.4. The van der Waals surface area contributed by atoms with Crippen molar-refractivity contribution in [2.45, 2.75) is 26.3 Å². The Balaban J connectivity index is 4.56. The molecule has 0 radical (unpaired) electrons. The zero-order chi connectivity index (χ0) is 13.6. The van der Waals surface area contributed by atoms with Gasteiger partial charge in [-0.15, -0.1) is 0 Å². The number of carbonyl (C=O) groups excluding carboxylic acids is 2. The molecule has 1 unspecified atom stereocenters. The third kappa shape index (κ3) is 8.64. The van der Waals surface area contributed by atoms with Crippen LogP contribution in [0.5, 0.6) is 0 Å². The summed E-state index contributed by atoms with van der Waals surface area (Å²) in [5.74, 6) is -1.10. The summed E-state index contributed by atoms with van der Waals surface area (Å²) in [6, 6.07) is -0.885. The SMILES string of the molecule is CC(C)CC(NS(C)(=O)=O)C(=O)NCC(N)=O. The van der Waals surface area contributed by atoms with Crippen LogP contribution in [0.15, 0.2) is 0 Å². The van der Waals surface area contributed by atoms with Gasteiger partial charge in [-0.2, -0.15) is 0 Å². The second-order valence-electron chi connectivity index (χ2n) is 4.26. The summed E-state index contributed by atoms with van der Waals surface area (Å²) in [5, 5.41) is 2.27. The molecule has 100 valence electrons. The molecular weight excluding hydrogens is 246 g/mol. The highest BCUT2D eigenvalue weighted by atomic mass is 32.2. The van der Waals surface area contributed by atoms with Crippen molar-refractivity contribution < 1.29 is 18.0 Å². The fourth-order valence-corrected chi connectivity index (χ4v) is 1.96. The molecule has 0 bridgehead atoms. The summed E-state index contributed by atoms with van der Waals surface area (Å²) in [6.45, 7) is 3.41. The van der Waals surface area contributed by atoms with Crippen LogP contribution >= 0.6 is 0 Å². The number of amides is 2. The van der Waals surface area contributed by atoms with E-state index in [4.69, 9.17) is 5.73 Å². The maximum absolute atomic E-state index is 11.6. The van der Waals surface area contributed by atoms with E-state index in [2.05, 4.69) is 10.0 Å². The van der Waals surface area contributed by atoms with Crippen LogP contribution in [-0.4, -0.2) is 39.1 Å². The smallest absolute Gasteiger partial charge is 0.238 e. The first-order valence-electron chi connectivity index (χ1n) is 5.15. The van der Waals surface area contributed by atoms with Gasteiger partial charge in [-0.1, -0.05) is 13.8 Å². The molecule has 0 heterocycles. The molecule has 0 aromatic rings. The Hall–Kier alpha value is -1.15. The molecule has 0 aliphatic carbocycles. The summed E-state index contributed by atoms with van der Waals surface area (Å²) >= 11 is 0. The van der Waals surface area contributed by atoms with Crippen LogP contribution in [0.25, 0.3) is 0 Å². The van der Waals surface area contributed by atoms with E-state index in [-0.39, 0.29) is 12.5 Å².